The molecule has 0 spiro atoms. The molecule has 0 saturated heterocycles. The zero-order valence-corrected chi connectivity index (χ0v) is 12.0. The monoisotopic (exact) mass is 261 g/mol. The molecular formula is C15H23N3O. The van der Waals surface area contributed by atoms with Crippen molar-refractivity contribution in [1.82, 2.24) is 9.80 Å². The van der Waals surface area contributed by atoms with Crippen molar-refractivity contribution in [3.05, 3.63) is 36.1 Å². The Kier molecular flexibility index (Phi) is 4.58. The average Bonchev–Trinajstić information content (AvgIpc) is 2.81. The summed E-state index contributed by atoms with van der Waals surface area (Å²) in [4.78, 5) is 4.47. The molecule has 0 aliphatic carbocycles. The van der Waals surface area contributed by atoms with Crippen molar-refractivity contribution in [2.24, 2.45) is 5.73 Å². The van der Waals surface area contributed by atoms with Gasteiger partial charge in [-0.1, -0.05) is 18.2 Å². The lowest BCUT2D eigenvalue weighted by atomic mass is 10.0. The number of rotatable bonds is 6. The molecule has 0 bridgehead atoms. The summed E-state index contributed by atoms with van der Waals surface area (Å²) in [6.45, 7) is 2.59. The minimum Gasteiger partial charge on any atom is -0.464 e. The van der Waals surface area contributed by atoms with E-state index in [1.54, 1.807) is 0 Å². The van der Waals surface area contributed by atoms with Crippen LogP contribution in [0.15, 0.2) is 34.9 Å². The van der Waals surface area contributed by atoms with Crippen molar-refractivity contribution in [2.75, 3.05) is 40.8 Å². The summed E-state index contributed by atoms with van der Waals surface area (Å²) in [7, 11) is 6.28. The fourth-order valence-corrected chi connectivity index (χ4v) is 2.31. The van der Waals surface area contributed by atoms with Crippen LogP contribution in [0.5, 0.6) is 0 Å². The van der Waals surface area contributed by atoms with Gasteiger partial charge in [-0.3, -0.25) is 4.90 Å². The lowest BCUT2D eigenvalue weighted by Crippen LogP contribution is -2.35. The third-order valence-electron chi connectivity index (χ3n) is 3.53. The van der Waals surface area contributed by atoms with Gasteiger partial charge in [0.1, 0.15) is 5.58 Å². The SMILES string of the molecule is CN(C)CCN(C)C(CN)c1coc2ccccc12. The molecule has 2 N–H and O–H groups in total. The van der Waals surface area contributed by atoms with Crippen LogP contribution < -0.4 is 5.73 Å². The highest BCUT2D eigenvalue weighted by Gasteiger charge is 2.19. The first kappa shape index (κ1) is 14.1. The Morgan fingerprint density at radius 3 is 2.58 bits per heavy atom. The Hall–Kier alpha value is -1.36. The van der Waals surface area contributed by atoms with Crippen LogP contribution in [-0.4, -0.2) is 50.6 Å². The average molecular weight is 261 g/mol. The first-order valence-electron chi connectivity index (χ1n) is 6.64. The molecule has 19 heavy (non-hydrogen) atoms. The van der Waals surface area contributed by atoms with E-state index >= 15 is 0 Å². The van der Waals surface area contributed by atoms with Crippen molar-refractivity contribution in [3.63, 3.8) is 0 Å². The summed E-state index contributed by atoms with van der Waals surface area (Å²) < 4.78 is 5.61. The summed E-state index contributed by atoms with van der Waals surface area (Å²) in [5.74, 6) is 0. The molecule has 104 valence electrons. The normalized spacial score (nSPS) is 13.6. The van der Waals surface area contributed by atoms with Crippen LogP contribution in [0.1, 0.15) is 11.6 Å². The van der Waals surface area contributed by atoms with Gasteiger partial charge in [-0.2, -0.15) is 0 Å². The Labute approximate surface area is 114 Å². The molecule has 1 aromatic heterocycles. The molecule has 0 aliphatic heterocycles. The van der Waals surface area contributed by atoms with E-state index in [2.05, 4.69) is 37.0 Å². The third kappa shape index (κ3) is 3.15. The van der Waals surface area contributed by atoms with Gasteiger partial charge in [0, 0.05) is 30.6 Å². The van der Waals surface area contributed by atoms with E-state index < -0.39 is 0 Å². The molecule has 1 aromatic carbocycles. The van der Waals surface area contributed by atoms with Gasteiger partial charge in [0.2, 0.25) is 0 Å². The van der Waals surface area contributed by atoms with Crippen LogP contribution in [-0.2, 0) is 0 Å². The second-order valence-corrected chi connectivity index (χ2v) is 5.22. The quantitative estimate of drug-likeness (QED) is 0.863. The maximum Gasteiger partial charge on any atom is 0.134 e. The number of nitrogens with two attached hydrogens (primary N) is 1. The molecule has 4 heteroatoms. The molecule has 1 heterocycles. The highest BCUT2D eigenvalue weighted by Crippen LogP contribution is 2.28. The van der Waals surface area contributed by atoms with Crippen molar-refractivity contribution in [1.29, 1.82) is 0 Å². The van der Waals surface area contributed by atoms with Gasteiger partial charge in [0.05, 0.1) is 12.3 Å². The minimum absolute atomic E-state index is 0.198. The topological polar surface area (TPSA) is 45.6 Å². The highest BCUT2D eigenvalue weighted by atomic mass is 16.3. The molecule has 0 saturated carbocycles. The predicted octanol–water partition coefficient (Wildman–Crippen LogP) is 1.93. The van der Waals surface area contributed by atoms with Crippen molar-refractivity contribution >= 4 is 11.0 Å². The zero-order chi connectivity index (χ0) is 13.8. The van der Waals surface area contributed by atoms with E-state index in [1.807, 2.05) is 24.5 Å². The summed E-state index contributed by atoms with van der Waals surface area (Å²) in [6.07, 6.45) is 1.84. The van der Waals surface area contributed by atoms with Crippen LogP contribution >= 0.6 is 0 Å². The lowest BCUT2D eigenvalue weighted by molar-refractivity contribution is 0.223. The van der Waals surface area contributed by atoms with Crippen LogP contribution in [0.25, 0.3) is 11.0 Å². The Balaban J connectivity index is 2.21. The predicted molar refractivity (Wildman–Crippen MR) is 79.2 cm³/mol. The Bertz CT molecular complexity index is 521. The summed E-state index contributed by atoms with van der Waals surface area (Å²) in [5.41, 5.74) is 8.07. The van der Waals surface area contributed by atoms with Crippen LogP contribution in [0.2, 0.25) is 0 Å². The van der Waals surface area contributed by atoms with Gasteiger partial charge < -0.3 is 15.1 Å². The second kappa shape index (κ2) is 6.19. The summed E-state index contributed by atoms with van der Waals surface area (Å²) in [6, 6.07) is 8.31. The van der Waals surface area contributed by atoms with Gasteiger partial charge in [0.15, 0.2) is 0 Å². The van der Waals surface area contributed by atoms with Crippen molar-refractivity contribution < 1.29 is 4.42 Å². The van der Waals surface area contributed by atoms with Gasteiger partial charge in [-0.05, 0) is 27.2 Å². The molecule has 0 amide bonds. The first-order valence-corrected chi connectivity index (χ1v) is 6.64. The molecule has 1 atom stereocenters. The minimum atomic E-state index is 0.198. The number of hydrogen-bond acceptors (Lipinski definition) is 4. The number of nitrogens with zero attached hydrogens (tertiary/aromatic N) is 2. The van der Waals surface area contributed by atoms with E-state index in [1.165, 1.54) is 5.56 Å². The summed E-state index contributed by atoms with van der Waals surface area (Å²) in [5, 5.41) is 1.16. The number of benzene rings is 1. The van der Waals surface area contributed by atoms with Crippen molar-refractivity contribution in [3.8, 4) is 0 Å². The second-order valence-electron chi connectivity index (χ2n) is 5.22. The number of para-hydroxylation sites is 1. The largest absolute Gasteiger partial charge is 0.464 e. The molecule has 4 nitrogen and oxygen atoms in total. The smallest absolute Gasteiger partial charge is 0.134 e. The van der Waals surface area contributed by atoms with Gasteiger partial charge >= 0.3 is 0 Å². The third-order valence-corrected chi connectivity index (χ3v) is 3.53. The number of furan rings is 1. The summed E-state index contributed by atoms with van der Waals surface area (Å²) >= 11 is 0. The first-order chi connectivity index (χ1) is 9.13. The van der Waals surface area contributed by atoms with Gasteiger partial charge in [0.25, 0.3) is 0 Å². The maximum atomic E-state index is 5.97. The number of hydrogen-bond donors (Lipinski definition) is 1. The van der Waals surface area contributed by atoms with Gasteiger partial charge in [-0.25, -0.2) is 0 Å². The van der Waals surface area contributed by atoms with Crippen LogP contribution in [0, 0.1) is 0 Å². The molecule has 0 aliphatic rings. The number of likely N-dealkylation sites (N-methyl/N-ethyl adjacent to an activating group) is 2. The Morgan fingerprint density at radius 2 is 1.89 bits per heavy atom. The van der Waals surface area contributed by atoms with E-state index in [-0.39, 0.29) is 6.04 Å². The molecule has 2 aromatic rings. The molecule has 0 fully saturated rings. The van der Waals surface area contributed by atoms with E-state index in [4.69, 9.17) is 10.2 Å². The van der Waals surface area contributed by atoms with Crippen LogP contribution in [0.4, 0.5) is 0 Å². The van der Waals surface area contributed by atoms with Crippen molar-refractivity contribution in [2.45, 2.75) is 6.04 Å². The highest BCUT2D eigenvalue weighted by molar-refractivity contribution is 5.81. The zero-order valence-electron chi connectivity index (χ0n) is 12.0. The molecular weight excluding hydrogens is 238 g/mol. The Morgan fingerprint density at radius 1 is 1.16 bits per heavy atom. The fraction of sp³-hybridized carbons (Fsp3) is 0.467. The number of fused-ring (bicyclic) bond motifs is 1. The van der Waals surface area contributed by atoms with Crippen LogP contribution in [0.3, 0.4) is 0 Å². The standard InChI is InChI=1S/C15H23N3O/c1-17(2)8-9-18(3)14(10-16)13-11-19-15-7-5-4-6-12(13)15/h4-7,11,14H,8-10,16H2,1-3H3. The lowest BCUT2D eigenvalue weighted by Gasteiger charge is -2.27. The van der Waals surface area contributed by atoms with Gasteiger partial charge in [-0.15, -0.1) is 0 Å². The van der Waals surface area contributed by atoms with E-state index in [9.17, 15) is 0 Å². The van der Waals surface area contributed by atoms with E-state index in [0.29, 0.717) is 6.54 Å². The maximum absolute atomic E-state index is 5.97. The molecule has 2 rings (SSSR count). The molecule has 1 unspecified atom stereocenters. The fourth-order valence-electron chi connectivity index (χ4n) is 2.31. The molecule has 0 radical (unpaired) electrons. The van der Waals surface area contributed by atoms with E-state index in [0.717, 1.165) is 24.1 Å².